The molecule has 3 saturated heterocycles. The lowest BCUT2D eigenvalue weighted by molar-refractivity contribution is -0.142. The van der Waals surface area contributed by atoms with E-state index in [0.29, 0.717) is 68.9 Å². The van der Waals surface area contributed by atoms with E-state index in [9.17, 15) is 14.4 Å². The van der Waals surface area contributed by atoms with Crippen LogP contribution in [0.1, 0.15) is 50.5 Å². The van der Waals surface area contributed by atoms with Gasteiger partial charge in [0.2, 0.25) is 11.8 Å². The van der Waals surface area contributed by atoms with Gasteiger partial charge in [0.1, 0.15) is 0 Å². The molecule has 3 heterocycles. The molecule has 1 saturated carbocycles. The van der Waals surface area contributed by atoms with Gasteiger partial charge in [0.05, 0.1) is 29.3 Å². The average molecular weight is 567 g/mol. The van der Waals surface area contributed by atoms with Gasteiger partial charge in [-0.1, -0.05) is 36.2 Å². The number of hydrogen-bond donors (Lipinski definition) is 0. The third kappa shape index (κ3) is 5.77. The van der Waals surface area contributed by atoms with Crippen molar-refractivity contribution in [3.05, 3.63) is 33.8 Å². The van der Waals surface area contributed by atoms with Gasteiger partial charge in [-0.05, 0) is 49.8 Å². The maximum atomic E-state index is 13.6. The maximum Gasteiger partial charge on any atom is 0.409 e. The molecule has 3 amide bonds. The Bertz CT molecular complexity index is 1070. The molecule has 208 valence electrons. The number of piperidine rings is 1. The Hall–Kier alpha value is -2.03. The summed E-state index contributed by atoms with van der Waals surface area (Å²) in [4.78, 5) is 44.8. The van der Waals surface area contributed by atoms with Gasteiger partial charge in [-0.3, -0.25) is 9.59 Å². The quantitative estimate of drug-likeness (QED) is 0.509. The normalized spacial score (nSPS) is 26.9. The largest absolute Gasteiger partial charge is 0.449 e. The predicted octanol–water partition coefficient (Wildman–Crippen LogP) is 4.43. The van der Waals surface area contributed by atoms with E-state index in [1.807, 2.05) is 28.9 Å². The van der Waals surface area contributed by atoms with Crippen molar-refractivity contribution >= 4 is 41.1 Å². The lowest BCUT2D eigenvalue weighted by Gasteiger charge is -2.34. The summed E-state index contributed by atoms with van der Waals surface area (Å²) in [5, 5.41) is 0.909. The van der Waals surface area contributed by atoms with Crippen molar-refractivity contribution in [2.75, 3.05) is 53.0 Å². The third-order valence-corrected chi connectivity index (χ3v) is 9.61. The van der Waals surface area contributed by atoms with Crippen LogP contribution in [-0.2, 0) is 19.1 Å². The van der Waals surface area contributed by atoms with Crippen LogP contribution >= 0.6 is 23.2 Å². The molecular weight excluding hydrogens is 529 g/mol. The molecule has 0 N–H and O–H groups in total. The van der Waals surface area contributed by atoms with E-state index < -0.39 is 6.09 Å². The van der Waals surface area contributed by atoms with Gasteiger partial charge in [0, 0.05) is 63.0 Å². The zero-order chi connectivity index (χ0) is 27.0. The Balaban J connectivity index is 1.26. The summed E-state index contributed by atoms with van der Waals surface area (Å²) in [7, 11) is 1.74. The number of ether oxygens (including phenoxy) is 2. The molecule has 1 aliphatic carbocycles. The second-order valence-corrected chi connectivity index (χ2v) is 12.4. The topological polar surface area (TPSA) is 79.4 Å². The molecular formula is C28H37Cl2N3O5. The molecule has 3 atom stereocenters. The average Bonchev–Trinajstić information content (AvgIpc) is 3.30. The smallest absolute Gasteiger partial charge is 0.409 e. The Kier molecular flexibility index (Phi) is 8.13. The van der Waals surface area contributed by atoms with Crippen molar-refractivity contribution < 1.29 is 23.9 Å². The second kappa shape index (κ2) is 11.2. The van der Waals surface area contributed by atoms with Crippen molar-refractivity contribution in [1.82, 2.24) is 14.7 Å². The first-order chi connectivity index (χ1) is 18.2. The Labute approximate surface area is 234 Å². The number of halogens is 2. The fourth-order valence-electron chi connectivity index (χ4n) is 5.94. The van der Waals surface area contributed by atoms with Crippen LogP contribution < -0.4 is 0 Å². The molecule has 0 spiro atoms. The van der Waals surface area contributed by atoms with Gasteiger partial charge >= 0.3 is 6.09 Å². The first kappa shape index (κ1) is 27.5. The van der Waals surface area contributed by atoms with Crippen molar-refractivity contribution in [3.8, 4) is 0 Å². The number of amides is 3. The highest BCUT2D eigenvalue weighted by Crippen LogP contribution is 2.47. The number of carbonyl (C=O) groups is 3. The lowest BCUT2D eigenvalue weighted by atomic mass is 9.93. The first-order valence-corrected chi connectivity index (χ1v) is 14.4. The molecule has 4 fully saturated rings. The monoisotopic (exact) mass is 565 g/mol. The molecule has 3 unspecified atom stereocenters. The summed E-state index contributed by atoms with van der Waals surface area (Å²) < 4.78 is 11.0. The Morgan fingerprint density at radius 1 is 1.08 bits per heavy atom. The summed E-state index contributed by atoms with van der Waals surface area (Å²) in [6.45, 7) is 5.80. The molecule has 4 aliphatic rings. The van der Waals surface area contributed by atoms with E-state index in [-0.39, 0.29) is 41.0 Å². The van der Waals surface area contributed by atoms with E-state index in [2.05, 4.69) is 0 Å². The van der Waals surface area contributed by atoms with Crippen molar-refractivity contribution in [2.45, 2.75) is 51.0 Å². The van der Waals surface area contributed by atoms with Gasteiger partial charge in [-0.15, -0.1) is 0 Å². The number of benzene rings is 1. The van der Waals surface area contributed by atoms with E-state index in [1.54, 1.807) is 18.0 Å². The van der Waals surface area contributed by atoms with Crippen LogP contribution in [-0.4, -0.2) is 91.7 Å². The van der Waals surface area contributed by atoms with Crippen LogP contribution in [0, 0.1) is 17.3 Å². The third-order valence-electron chi connectivity index (χ3n) is 8.87. The van der Waals surface area contributed by atoms with Gasteiger partial charge in [0.25, 0.3) is 0 Å². The lowest BCUT2D eigenvalue weighted by Crippen LogP contribution is -2.46. The Morgan fingerprint density at radius 3 is 2.45 bits per heavy atom. The zero-order valence-electron chi connectivity index (χ0n) is 22.2. The van der Waals surface area contributed by atoms with Crippen LogP contribution in [0.15, 0.2) is 18.2 Å². The number of hydrogen-bond acceptors (Lipinski definition) is 5. The molecule has 1 aromatic carbocycles. The van der Waals surface area contributed by atoms with E-state index in [1.165, 1.54) is 0 Å². The number of likely N-dealkylation sites (tertiary alicyclic amines) is 2. The fraction of sp³-hybridized carbons (Fsp3) is 0.679. The molecule has 3 aliphatic heterocycles. The van der Waals surface area contributed by atoms with Gasteiger partial charge < -0.3 is 24.2 Å². The summed E-state index contributed by atoms with van der Waals surface area (Å²) >= 11 is 12.5. The molecule has 1 aromatic rings. The van der Waals surface area contributed by atoms with E-state index in [4.69, 9.17) is 32.7 Å². The minimum atomic E-state index is -0.401. The molecule has 8 nitrogen and oxygen atoms in total. The maximum absolute atomic E-state index is 13.6. The molecule has 38 heavy (non-hydrogen) atoms. The van der Waals surface area contributed by atoms with Crippen LogP contribution in [0.4, 0.5) is 4.79 Å². The standard InChI is InChI=1S/C28H37Cl2N3O5/c1-28(8-9-28)26(35)32-10-5-19(6-11-32)25(34)33-14-21(20-3-4-22(29)23(30)13-20)24(15-33)31(2)27(36)38-17-18-7-12-37-16-18/h3-4,13,18-19,21,24H,5-12,14-17H2,1-2H3. The molecule has 5 rings (SSSR count). The first-order valence-electron chi connectivity index (χ1n) is 13.7. The molecule has 0 bridgehead atoms. The number of rotatable bonds is 6. The minimum absolute atomic E-state index is 0.0900. The zero-order valence-corrected chi connectivity index (χ0v) is 23.7. The van der Waals surface area contributed by atoms with Gasteiger partial charge in [0.15, 0.2) is 0 Å². The summed E-state index contributed by atoms with van der Waals surface area (Å²) in [6, 6.07) is 5.23. The molecule has 10 heteroatoms. The van der Waals surface area contributed by atoms with Crippen molar-refractivity contribution in [2.24, 2.45) is 17.3 Å². The van der Waals surface area contributed by atoms with Crippen molar-refractivity contribution in [1.29, 1.82) is 0 Å². The van der Waals surface area contributed by atoms with Gasteiger partial charge in [-0.2, -0.15) is 0 Å². The SMILES string of the molecule is CN(C(=O)OCC1CCOC1)C1CN(C(=O)C2CCN(C(=O)C3(C)CC3)CC2)CC1c1ccc(Cl)c(Cl)c1. The highest BCUT2D eigenvalue weighted by molar-refractivity contribution is 6.42. The molecule has 0 aromatic heterocycles. The summed E-state index contributed by atoms with van der Waals surface area (Å²) in [6.07, 6.45) is 3.74. The Morgan fingerprint density at radius 2 is 1.82 bits per heavy atom. The van der Waals surface area contributed by atoms with Crippen molar-refractivity contribution in [3.63, 3.8) is 0 Å². The summed E-state index contributed by atoms with van der Waals surface area (Å²) in [5.74, 6) is 0.289. The van der Waals surface area contributed by atoms with Crippen LogP contribution in [0.3, 0.4) is 0 Å². The van der Waals surface area contributed by atoms with Crippen LogP contribution in [0.25, 0.3) is 0 Å². The predicted molar refractivity (Wildman–Crippen MR) is 144 cm³/mol. The van der Waals surface area contributed by atoms with Crippen LogP contribution in [0.2, 0.25) is 10.0 Å². The van der Waals surface area contributed by atoms with E-state index >= 15 is 0 Å². The van der Waals surface area contributed by atoms with E-state index in [0.717, 1.165) is 24.8 Å². The van der Waals surface area contributed by atoms with Crippen LogP contribution in [0.5, 0.6) is 0 Å². The summed E-state index contributed by atoms with van der Waals surface area (Å²) in [5.41, 5.74) is 0.748. The number of carbonyl (C=O) groups excluding carboxylic acids is 3. The highest BCUT2D eigenvalue weighted by atomic mass is 35.5. The second-order valence-electron chi connectivity index (χ2n) is 11.6. The fourth-order valence-corrected chi connectivity index (χ4v) is 6.25. The number of likely N-dealkylation sites (N-methyl/N-ethyl adjacent to an activating group) is 1. The minimum Gasteiger partial charge on any atom is -0.449 e. The van der Waals surface area contributed by atoms with Gasteiger partial charge in [-0.25, -0.2) is 4.79 Å². The highest BCUT2D eigenvalue weighted by Gasteiger charge is 2.48. The molecule has 0 radical (unpaired) electrons. The number of nitrogens with zero attached hydrogens (tertiary/aromatic N) is 3.